The minimum absolute atomic E-state index is 0.584. The van der Waals surface area contributed by atoms with Gasteiger partial charge in [0.25, 0.3) is 0 Å². The van der Waals surface area contributed by atoms with Crippen molar-refractivity contribution in [2.24, 2.45) is 0 Å². The van der Waals surface area contributed by atoms with Crippen LogP contribution in [0.3, 0.4) is 0 Å². The van der Waals surface area contributed by atoms with Crippen LogP contribution in [-0.4, -0.2) is 43.9 Å². The molecule has 1 atom stereocenters. The van der Waals surface area contributed by atoms with Crippen molar-refractivity contribution in [3.8, 4) is 0 Å². The smallest absolute Gasteiger partial charge is 0.160 e. The topological polar surface area (TPSA) is 23.6 Å². The lowest BCUT2D eigenvalue weighted by Crippen LogP contribution is -2.49. The number of carbonyl (C=O) groups is 1. The molecule has 0 spiro atoms. The van der Waals surface area contributed by atoms with Gasteiger partial charge in [0.05, 0.1) is 9.88 Å². The molecule has 0 aliphatic carbocycles. The van der Waals surface area contributed by atoms with Crippen LogP contribution in [0.4, 0.5) is 5.00 Å². The summed E-state index contributed by atoms with van der Waals surface area (Å²) in [7, 11) is 2.16. The minimum atomic E-state index is 0.584. The highest BCUT2D eigenvalue weighted by Gasteiger charge is 2.21. The lowest BCUT2D eigenvalue weighted by atomic mass is 10.2. The Morgan fingerprint density at radius 2 is 2.27 bits per heavy atom. The molecular formula is C11H16N2OS. The quantitative estimate of drug-likeness (QED) is 0.714. The number of carbonyl (C=O) groups excluding carboxylic acids is 1. The third-order valence-corrected chi connectivity index (χ3v) is 4.07. The molecule has 0 N–H and O–H groups in total. The van der Waals surface area contributed by atoms with Gasteiger partial charge in [-0.25, -0.2) is 0 Å². The van der Waals surface area contributed by atoms with Crippen LogP contribution in [-0.2, 0) is 0 Å². The molecule has 0 saturated carbocycles. The van der Waals surface area contributed by atoms with E-state index in [9.17, 15) is 4.79 Å². The molecule has 1 aliphatic heterocycles. The Morgan fingerprint density at radius 1 is 1.47 bits per heavy atom. The minimum Gasteiger partial charge on any atom is -0.361 e. The fourth-order valence-electron chi connectivity index (χ4n) is 1.82. The van der Waals surface area contributed by atoms with Crippen LogP contribution in [0.5, 0.6) is 0 Å². The molecule has 0 amide bonds. The van der Waals surface area contributed by atoms with Crippen LogP contribution < -0.4 is 4.90 Å². The molecule has 1 aromatic rings. The van der Waals surface area contributed by atoms with Gasteiger partial charge in [0, 0.05) is 25.7 Å². The van der Waals surface area contributed by atoms with E-state index in [0.29, 0.717) is 6.04 Å². The number of rotatable bonds is 2. The van der Waals surface area contributed by atoms with Crippen LogP contribution >= 0.6 is 11.3 Å². The number of piperazine rings is 1. The van der Waals surface area contributed by atoms with Crippen molar-refractivity contribution in [3.63, 3.8) is 0 Å². The molecule has 82 valence electrons. The number of hydrogen-bond donors (Lipinski definition) is 0. The summed E-state index contributed by atoms with van der Waals surface area (Å²) in [5, 5.41) is 1.22. The van der Waals surface area contributed by atoms with Gasteiger partial charge in [-0.05, 0) is 26.1 Å². The molecule has 3 nitrogen and oxygen atoms in total. The Hall–Kier alpha value is -0.870. The third-order valence-electron chi connectivity index (χ3n) is 3.00. The average Bonchev–Trinajstić information content (AvgIpc) is 2.70. The molecule has 0 radical (unpaired) electrons. The Bertz CT molecular complexity index is 350. The van der Waals surface area contributed by atoms with Crippen molar-refractivity contribution in [1.29, 1.82) is 0 Å². The Morgan fingerprint density at radius 3 is 2.87 bits per heavy atom. The van der Waals surface area contributed by atoms with Crippen molar-refractivity contribution in [3.05, 3.63) is 17.0 Å². The van der Waals surface area contributed by atoms with E-state index in [-0.39, 0.29) is 0 Å². The number of nitrogens with zero attached hydrogens (tertiary/aromatic N) is 2. The molecule has 2 rings (SSSR count). The SMILES string of the molecule is CC1CN(c2ccc(C=O)s2)CCN1C. The van der Waals surface area contributed by atoms with E-state index in [2.05, 4.69) is 23.8 Å². The van der Waals surface area contributed by atoms with Crippen molar-refractivity contribution in [2.45, 2.75) is 13.0 Å². The second-order valence-electron chi connectivity index (χ2n) is 4.07. The number of thiophene rings is 1. The maximum atomic E-state index is 10.6. The maximum absolute atomic E-state index is 10.6. The number of anilines is 1. The van der Waals surface area contributed by atoms with Crippen molar-refractivity contribution < 1.29 is 4.79 Å². The van der Waals surface area contributed by atoms with Crippen molar-refractivity contribution in [2.75, 3.05) is 31.6 Å². The summed E-state index contributed by atoms with van der Waals surface area (Å²) < 4.78 is 0. The zero-order valence-corrected chi connectivity index (χ0v) is 9.96. The average molecular weight is 224 g/mol. The van der Waals surface area contributed by atoms with Gasteiger partial charge in [0.2, 0.25) is 0 Å². The molecule has 1 fully saturated rings. The van der Waals surface area contributed by atoms with Crippen molar-refractivity contribution >= 4 is 22.6 Å². The first-order valence-corrected chi connectivity index (χ1v) is 6.02. The fourth-order valence-corrected chi connectivity index (χ4v) is 2.68. The summed E-state index contributed by atoms with van der Waals surface area (Å²) in [5.74, 6) is 0. The maximum Gasteiger partial charge on any atom is 0.160 e. The second-order valence-corrected chi connectivity index (χ2v) is 5.16. The van der Waals surface area contributed by atoms with Gasteiger partial charge in [-0.1, -0.05) is 0 Å². The van der Waals surface area contributed by atoms with E-state index in [0.717, 1.165) is 30.8 Å². The normalized spacial score (nSPS) is 23.1. The van der Waals surface area contributed by atoms with E-state index < -0.39 is 0 Å². The van der Waals surface area contributed by atoms with Crippen LogP contribution in [0.25, 0.3) is 0 Å². The highest BCUT2D eigenvalue weighted by Crippen LogP contribution is 2.26. The van der Waals surface area contributed by atoms with Crippen molar-refractivity contribution in [1.82, 2.24) is 4.90 Å². The molecule has 4 heteroatoms. The zero-order valence-electron chi connectivity index (χ0n) is 9.14. The third kappa shape index (κ3) is 2.21. The molecule has 15 heavy (non-hydrogen) atoms. The van der Waals surface area contributed by atoms with Gasteiger partial charge in [0.15, 0.2) is 6.29 Å². The van der Waals surface area contributed by atoms with Crippen LogP contribution in [0, 0.1) is 0 Å². The first-order valence-electron chi connectivity index (χ1n) is 5.21. The molecular weight excluding hydrogens is 208 g/mol. The van der Waals surface area contributed by atoms with Gasteiger partial charge in [-0.2, -0.15) is 0 Å². The van der Waals surface area contributed by atoms with Gasteiger partial charge >= 0.3 is 0 Å². The molecule has 1 saturated heterocycles. The number of likely N-dealkylation sites (N-methyl/N-ethyl adjacent to an activating group) is 1. The van der Waals surface area contributed by atoms with Gasteiger partial charge in [-0.3, -0.25) is 4.79 Å². The molecule has 2 heterocycles. The predicted octanol–water partition coefficient (Wildman–Crippen LogP) is 1.70. The zero-order chi connectivity index (χ0) is 10.8. The van der Waals surface area contributed by atoms with E-state index in [1.807, 2.05) is 12.1 Å². The summed E-state index contributed by atoms with van der Waals surface area (Å²) in [5.41, 5.74) is 0. The fraction of sp³-hybridized carbons (Fsp3) is 0.545. The first kappa shape index (κ1) is 10.6. The summed E-state index contributed by atoms with van der Waals surface area (Å²) in [4.78, 5) is 16.1. The van der Waals surface area contributed by atoms with E-state index >= 15 is 0 Å². The van der Waals surface area contributed by atoms with Gasteiger partial charge in [-0.15, -0.1) is 11.3 Å². The highest BCUT2D eigenvalue weighted by atomic mass is 32.1. The largest absolute Gasteiger partial charge is 0.361 e. The Labute approximate surface area is 94.3 Å². The van der Waals surface area contributed by atoms with E-state index in [1.54, 1.807) is 11.3 Å². The van der Waals surface area contributed by atoms with Crippen LogP contribution in [0.15, 0.2) is 12.1 Å². The molecule has 1 unspecified atom stereocenters. The number of hydrogen-bond acceptors (Lipinski definition) is 4. The highest BCUT2D eigenvalue weighted by molar-refractivity contribution is 7.17. The monoisotopic (exact) mass is 224 g/mol. The first-order chi connectivity index (χ1) is 7.20. The van der Waals surface area contributed by atoms with E-state index in [1.165, 1.54) is 5.00 Å². The summed E-state index contributed by atoms with van der Waals surface area (Å²) in [6.45, 7) is 5.44. The molecule has 1 aromatic heterocycles. The molecule has 1 aliphatic rings. The lowest BCUT2D eigenvalue weighted by molar-refractivity contribution is 0.112. The second kappa shape index (κ2) is 4.33. The predicted molar refractivity (Wildman–Crippen MR) is 64.0 cm³/mol. The Kier molecular flexibility index (Phi) is 3.07. The Balaban J connectivity index is 2.08. The lowest BCUT2D eigenvalue weighted by Gasteiger charge is -2.38. The summed E-state index contributed by atoms with van der Waals surface area (Å²) in [6, 6.07) is 4.53. The number of aldehydes is 1. The van der Waals surface area contributed by atoms with E-state index in [4.69, 9.17) is 0 Å². The molecule has 0 bridgehead atoms. The standard InChI is InChI=1S/C11H16N2OS/c1-9-7-13(6-5-12(9)2)11-4-3-10(8-14)15-11/h3-4,8-9H,5-7H2,1-2H3. The summed E-state index contributed by atoms with van der Waals surface area (Å²) in [6.07, 6.45) is 0.924. The van der Waals surface area contributed by atoms with Gasteiger partial charge in [0.1, 0.15) is 0 Å². The summed E-state index contributed by atoms with van der Waals surface area (Å²) >= 11 is 1.58. The molecule has 0 aromatic carbocycles. The van der Waals surface area contributed by atoms with Crippen LogP contribution in [0.2, 0.25) is 0 Å². The van der Waals surface area contributed by atoms with Crippen LogP contribution in [0.1, 0.15) is 16.6 Å². The van der Waals surface area contributed by atoms with Gasteiger partial charge < -0.3 is 9.80 Å².